The number of benzene rings is 1. The van der Waals surface area contributed by atoms with E-state index in [1.54, 1.807) is 0 Å². The monoisotopic (exact) mass is 234 g/mol. The Labute approximate surface area is 102 Å². The van der Waals surface area contributed by atoms with Crippen LogP contribution in [0.1, 0.15) is 18.9 Å². The molecule has 0 radical (unpaired) electrons. The first kappa shape index (κ1) is 12.9. The molecule has 0 aromatic heterocycles. The van der Waals surface area contributed by atoms with Crippen LogP contribution in [0.2, 0.25) is 0 Å². The molecule has 0 aliphatic rings. The lowest BCUT2D eigenvalue weighted by Gasteiger charge is -2.26. The largest absolute Gasteiger partial charge is 0.372 e. The molecule has 0 N–H and O–H groups in total. The Kier molecular flexibility index (Phi) is 5.21. The van der Waals surface area contributed by atoms with Crippen molar-refractivity contribution in [1.82, 2.24) is 0 Å². The van der Waals surface area contributed by atoms with Crippen LogP contribution in [0.4, 0.5) is 5.69 Å². The lowest BCUT2D eigenvalue weighted by Crippen LogP contribution is -2.29. The Morgan fingerprint density at radius 3 is 2.50 bits per heavy atom. The Hall–Kier alpha value is -1.14. The molecular formula is C13H18N2S. The standard InChI is InChI=1S/C13H18N2S/c1-11(8-9-16-3)15(2)13-6-4-12(10-14)5-7-13/h4-7,11H,8-9H2,1-3H3. The lowest BCUT2D eigenvalue weighted by atomic mass is 10.1. The molecular weight excluding hydrogens is 216 g/mol. The molecule has 0 spiro atoms. The Balaban J connectivity index is 2.65. The summed E-state index contributed by atoms with van der Waals surface area (Å²) < 4.78 is 0. The van der Waals surface area contributed by atoms with Crippen molar-refractivity contribution in [2.75, 3.05) is 24.0 Å². The van der Waals surface area contributed by atoms with Crippen LogP contribution in [0.3, 0.4) is 0 Å². The van der Waals surface area contributed by atoms with Gasteiger partial charge in [0.2, 0.25) is 0 Å². The summed E-state index contributed by atoms with van der Waals surface area (Å²) in [7, 11) is 2.10. The van der Waals surface area contributed by atoms with Gasteiger partial charge in [-0.1, -0.05) is 0 Å². The highest BCUT2D eigenvalue weighted by molar-refractivity contribution is 7.98. The van der Waals surface area contributed by atoms with Crippen LogP contribution >= 0.6 is 11.8 Å². The minimum Gasteiger partial charge on any atom is -0.372 e. The maximum absolute atomic E-state index is 8.73. The summed E-state index contributed by atoms with van der Waals surface area (Å²) in [4.78, 5) is 2.26. The van der Waals surface area contributed by atoms with Crippen molar-refractivity contribution in [2.24, 2.45) is 0 Å². The number of hydrogen-bond donors (Lipinski definition) is 0. The average Bonchev–Trinajstić information content (AvgIpc) is 2.35. The molecule has 0 fully saturated rings. The summed E-state index contributed by atoms with van der Waals surface area (Å²) >= 11 is 1.88. The van der Waals surface area contributed by atoms with Gasteiger partial charge < -0.3 is 4.90 Å². The molecule has 0 bridgehead atoms. The van der Waals surface area contributed by atoms with E-state index in [2.05, 4.69) is 31.2 Å². The van der Waals surface area contributed by atoms with E-state index < -0.39 is 0 Å². The zero-order valence-electron chi connectivity index (χ0n) is 10.1. The van der Waals surface area contributed by atoms with E-state index in [0.29, 0.717) is 11.6 Å². The first-order valence-electron chi connectivity index (χ1n) is 5.41. The number of anilines is 1. The minimum absolute atomic E-state index is 0.528. The highest BCUT2D eigenvalue weighted by Crippen LogP contribution is 2.18. The van der Waals surface area contributed by atoms with Crippen molar-refractivity contribution >= 4 is 17.4 Å². The van der Waals surface area contributed by atoms with Crippen LogP contribution in [0.15, 0.2) is 24.3 Å². The molecule has 1 rings (SSSR count). The molecule has 3 heteroatoms. The Morgan fingerprint density at radius 1 is 1.38 bits per heavy atom. The van der Waals surface area contributed by atoms with Gasteiger partial charge in [-0.05, 0) is 49.6 Å². The second-order valence-electron chi connectivity index (χ2n) is 3.90. The van der Waals surface area contributed by atoms with Gasteiger partial charge in [0.15, 0.2) is 0 Å². The highest BCUT2D eigenvalue weighted by Gasteiger charge is 2.09. The molecule has 0 amide bonds. The van der Waals surface area contributed by atoms with Gasteiger partial charge in [0.05, 0.1) is 11.6 Å². The fourth-order valence-corrected chi connectivity index (χ4v) is 2.08. The number of nitriles is 1. The third-order valence-corrected chi connectivity index (χ3v) is 3.45. The second-order valence-corrected chi connectivity index (χ2v) is 4.89. The van der Waals surface area contributed by atoms with Crippen molar-refractivity contribution in [3.63, 3.8) is 0 Å². The lowest BCUT2D eigenvalue weighted by molar-refractivity contribution is 0.669. The summed E-state index contributed by atoms with van der Waals surface area (Å²) in [5.41, 5.74) is 1.89. The van der Waals surface area contributed by atoms with Gasteiger partial charge in [-0.2, -0.15) is 17.0 Å². The summed E-state index contributed by atoms with van der Waals surface area (Å²) in [5, 5.41) is 8.73. The highest BCUT2D eigenvalue weighted by atomic mass is 32.2. The molecule has 86 valence electrons. The van der Waals surface area contributed by atoms with Crippen molar-refractivity contribution in [3.8, 4) is 6.07 Å². The molecule has 0 saturated heterocycles. The van der Waals surface area contributed by atoms with E-state index in [4.69, 9.17) is 5.26 Å². The number of rotatable bonds is 5. The van der Waals surface area contributed by atoms with Gasteiger partial charge in [-0.3, -0.25) is 0 Å². The topological polar surface area (TPSA) is 27.0 Å². The van der Waals surface area contributed by atoms with Crippen LogP contribution in [0, 0.1) is 11.3 Å². The van der Waals surface area contributed by atoms with Crippen molar-refractivity contribution in [1.29, 1.82) is 5.26 Å². The predicted octanol–water partition coefficient (Wildman–Crippen LogP) is 3.14. The van der Waals surface area contributed by atoms with Gasteiger partial charge in [0.1, 0.15) is 0 Å². The van der Waals surface area contributed by atoms with E-state index in [-0.39, 0.29) is 0 Å². The molecule has 1 aromatic carbocycles. The normalized spacial score (nSPS) is 11.9. The van der Waals surface area contributed by atoms with Gasteiger partial charge in [0.25, 0.3) is 0 Å². The molecule has 0 saturated carbocycles. The SMILES string of the molecule is CSCCC(C)N(C)c1ccc(C#N)cc1. The Bertz CT molecular complexity index is 353. The summed E-state index contributed by atoms with van der Waals surface area (Å²) in [6.45, 7) is 2.23. The molecule has 1 atom stereocenters. The van der Waals surface area contributed by atoms with E-state index in [1.165, 1.54) is 17.9 Å². The molecule has 0 heterocycles. The van der Waals surface area contributed by atoms with E-state index in [0.717, 1.165) is 0 Å². The quantitative estimate of drug-likeness (QED) is 0.783. The summed E-state index contributed by atoms with van der Waals surface area (Å²) in [6.07, 6.45) is 3.31. The molecule has 1 aromatic rings. The van der Waals surface area contributed by atoms with Gasteiger partial charge in [-0.15, -0.1) is 0 Å². The summed E-state index contributed by atoms with van der Waals surface area (Å²) in [6, 6.07) is 10.4. The third-order valence-electron chi connectivity index (χ3n) is 2.80. The fraction of sp³-hybridized carbons (Fsp3) is 0.462. The first-order chi connectivity index (χ1) is 7.69. The smallest absolute Gasteiger partial charge is 0.0991 e. The fourth-order valence-electron chi connectivity index (χ4n) is 1.51. The van der Waals surface area contributed by atoms with E-state index >= 15 is 0 Å². The van der Waals surface area contributed by atoms with Crippen molar-refractivity contribution < 1.29 is 0 Å². The maximum Gasteiger partial charge on any atom is 0.0991 e. The number of thioether (sulfide) groups is 1. The summed E-state index contributed by atoms with van der Waals surface area (Å²) in [5.74, 6) is 1.18. The first-order valence-corrected chi connectivity index (χ1v) is 6.80. The van der Waals surface area contributed by atoms with Crippen LogP contribution in [0.25, 0.3) is 0 Å². The van der Waals surface area contributed by atoms with E-state index in [1.807, 2.05) is 36.0 Å². The molecule has 0 aliphatic carbocycles. The van der Waals surface area contributed by atoms with E-state index in [9.17, 15) is 0 Å². The van der Waals surface area contributed by atoms with Crippen LogP contribution in [0.5, 0.6) is 0 Å². The molecule has 16 heavy (non-hydrogen) atoms. The van der Waals surface area contributed by atoms with Gasteiger partial charge >= 0.3 is 0 Å². The number of nitrogens with zero attached hydrogens (tertiary/aromatic N) is 2. The zero-order valence-corrected chi connectivity index (χ0v) is 10.9. The predicted molar refractivity (Wildman–Crippen MR) is 72.0 cm³/mol. The molecule has 0 aliphatic heterocycles. The third kappa shape index (κ3) is 3.46. The zero-order chi connectivity index (χ0) is 12.0. The molecule has 1 unspecified atom stereocenters. The van der Waals surface area contributed by atoms with Crippen molar-refractivity contribution in [2.45, 2.75) is 19.4 Å². The van der Waals surface area contributed by atoms with Gasteiger partial charge in [0, 0.05) is 18.8 Å². The second kappa shape index (κ2) is 6.44. The maximum atomic E-state index is 8.73. The van der Waals surface area contributed by atoms with Crippen LogP contribution < -0.4 is 4.90 Å². The number of hydrogen-bond acceptors (Lipinski definition) is 3. The minimum atomic E-state index is 0.528. The van der Waals surface area contributed by atoms with Crippen LogP contribution in [-0.4, -0.2) is 25.1 Å². The molecule has 2 nitrogen and oxygen atoms in total. The van der Waals surface area contributed by atoms with Crippen LogP contribution in [-0.2, 0) is 0 Å². The Morgan fingerprint density at radius 2 is 2.00 bits per heavy atom. The average molecular weight is 234 g/mol. The van der Waals surface area contributed by atoms with Crippen molar-refractivity contribution in [3.05, 3.63) is 29.8 Å². The van der Waals surface area contributed by atoms with Gasteiger partial charge in [-0.25, -0.2) is 0 Å².